The van der Waals surface area contributed by atoms with Crippen molar-refractivity contribution in [3.63, 3.8) is 0 Å². The average Bonchev–Trinajstić information content (AvgIpc) is 3.57. The van der Waals surface area contributed by atoms with E-state index in [9.17, 15) is 18.0 Å². The molecule has 5 heterocycles. The Morgan fingerprint density at radius 2 is 1.85 bits per heavy atom. The second-order valence-electron chi connectivity index (χ2n) is 9.43. The normalized spacial score (nSPS) is 12.2. The number of hydrogen-bond acceptors (Lipinski definition) is 6. The minimum absolute atomic E-state index is 0.161. The Bertz CT molecular complexity index is 1970. The molecule has 0 spiro atoms. The molecule has 10 nitrogen and oxygen atoms in total. The number of nitrogen functional groups attached to an aromatic ring is 1. The van der Waals surface area contributed by atoms with Gasteiger partial charge in [-0.2, -0.15) is 23.4 Å². The highest BCUT2D eigenvalue weighted by Gasteiger charge is 2.31. The lowest BCUT2D eigenvalue weighted by Crippen LogP contribution is -2.31. The van der Waals surface area contributed by atoms with E-state index < -0.39 is 23.5 Å². The molecule has 14 heteroatoms. The number of nitrogens with zero attached hydrogens (tertiary/aromatic N) is 8. The molecule has 0 saturated carbocycles. The first kappa shape index (κ1) is 25.3. The van der Waals surface area contributed by atoms with Crippen molar-refractivity contribution in [2.75, 3.05) is 10.6 Å². The smallest absolute Gasteiger partial charge is 0.382 e. The molecule has 0 aliphatic carbocycles. The van der Waals surface area contributed by atoms with Crippen molar-refractivity contribution in [3.05, 3.63) is 83.1 Å². The number of carbonyl (C=O) groups excluding carboxylic acids is 1. The average molecular weight is 552 g/mol. The summed E-state index contributed by atoms with van der Waals surface area (Å²) in [5, 5.41) is 8.56. The van der Waals surface area contributed by atoms with Crippen LogP contribution in [0.1, 0.15) is 33.1 Å². The maximum atomic E-state index is 15.5. The summed E-state index contributed by atoms with van der Waals surface area (Å²) in [4.78, 5) is 23.8. The van der Waals surface area contributed by atoms with Crippen LogP contribution in [-0.2, 0) is 19.8 Å². The third-order valence-electron chi connectivity index (χ3n) is 6.66. The number of carbonyl (C=O) groups is 1. The number of nitrogens with two attached hydrogens (primary N) is 1. The molecule has 0 aliphatic heterocycles. The second-order valence-corrected chi connectivity index (χ2v) is 9.43. The molecule has 6 aromatic rings. The van der Waals surface area contributed by atoms with E-state index in [1.54, 1.807) is 43.8 Å². The van der Waals surface area contributed by atoms with E-state index in [0.29, 0.717) is 39.4 Å². The minimum Gasteiger partial charge on any atom is -0.382 e. The van der Waals surface area contributed by atoms with Crippen LogP contribution < -0.4 is 10.6 Å². The van der Waals surface area contributed by atoms with Crippen molar-refractivity contribution in [2.45, 2.75) is 26.6 Å². The lowest BCUT2D eigenvalue weighted by molar-refractivity contribution is -0.137. The van der Waals surface area contributed by atoms with Crippen molar-refractivity contribution in [2.24, 2.45) is 7.05 Å². The van der Waals surface area contributed by atoms with Crippen LogP contribution in [0.4, 0.5) is 29.1 Å². The molecule has 0 radical (unpaired) electrons. The monoisotopic (exact) mass is 551 g/mol. The van der Waals surface area contributed by atoms with Crippen molar-refractivity contribution < 1.29 is 22.4 Å². The summed E-state index contributed by atoms with van der Waals surface area (Å²) in [5.74, 6) is -0.786. The van der Waals surface area contributed by atoms with Gasteiger partial charge in [0.2, 0.25) is 0 Å². The van der Waals surface area contributed by atoms with E-state index in [2.05, 4.69) is 20.2 Å². The number of imidazole rings is 1. The van der Waals surface area contributed by atoms with Gasteiger partial charge >= 0.3 is 6.18 Å². The van der Waals surface area contributed by atoms with Crippen LogP contribution in [0, 0.1) is 19.7 Å². The maximum Gasteiger partial charge on any atom is 0.417 e. The molecule has 0 fully saturated rings. The molecule has 0 saturated heterocycles. The predicted molar refractivity (Wildman–Crippen MR) is 138 cm³/mol. The number of benzene rings is 1. The van der Waals surface area contributed by atoms with Crippen LogP contribution in [-0.4, -0.2) is 39.7 Å². The highest BCUT2D eigenvalue weighted by Crippen LogP contribution is 2.31. The summed E-state index contributed by atoms with van der Waals surface area (Å²) in [6, 6.07) is 6.34. The van der Waals surface area contributed by atoms with Gasteiger partial charge < -0.3 is 5.73 Å². The van der Waals surface area contributed by atoms with Crippen LogP contribution >= 0.6 is 0 Å². The zero-order valence-electron chi connectivity index (χ0n) is 21.4. The summed E-state index contributed by atoms with van der Waals surface area (Å²) >= 11 is 0. The molecule has 40 heavy (non-hydrogen) atoms. The Labute approximate surface area is 223 Å². The molecular formula is C26H21F4N9O. The fourth-order valence-electron chi connectivity index (χ4n) is 4.81. The van der Waals surface area contributed by atoms with Crippen molar-refractivity contribution >= 4 is 39.5 Å². The lowest BCUT2D eigenvalue weighted by atomic mass is 10.1. The fourth-order valence-corrected chi connectivity index (χ4v) is 4.81. The van der Waals surface area contributed by atoms with Gasteiger partial charge in [0.25, 0.3) is 5.91 Å². The van der Waals surface area contributed by atoms with Crippen LogP contribution in [0.25, 0.3) is 22.1 Å². The molecule has 1 amide bonds. The number of rotatable bonds is 4. The van der Waals surface area contributed by atoms with Gasteiger partial charge in [-0.25, -0.2) is 18.9 Å². The Hall–Kier alpha value is -5.01. The fraction of sp³-hybridized carbons (Fsp3) is 0.192. The number of halogens is 4. The second kappa shape index (κ2) is 8.76. The third kappa shape index (κ3) is 4.08. The van der Waals surface area contributed by atoms with Crippen LogP contribution in [0.5, 0.6) is 0 Å². The molecule has 2 N–H and O–H groups in total. The zero-order chi connectivity index (χ0) is 28.5. The number of pyridine rings is 1. The summed E-state index contributed by atoms with van der Waals surface area (Å²) in [7, 11) is 1.67. The molecule has 0 unspecified atom stereocenters. The van der Waals surface area contributed by atoms with Gasteiger partial charge in [0.05, 0.1) is 57.5 Å². The van der Waals surface area contributed by atoms with Crippen molar-refractivity contribution in [3.8, 4) is 0 Å². The molecule has 0 atom stereocenters. The summed E-state index contributed by atoms with van der Waals surface area (Å²) < 4.78 is 59.4. The van der Waals surface area contributed by atoms with E-state index in [4.69, 9.17) is 5.73 Å². The topological polar surface area (TPSA) is 112 Å². The number of fused-ring (bicyclic) bond motifs is 4. The SMILES string of the molecule is Cc1nn(C)cc1N(Cc1cc2ccc(C(F)(F)F)cn2n1)C(=O)c1cc2c(cc1F)nc(N)c1cnc(C)n12. The third-order valence-corrected chi connectivity index (χ3v) is 6.66. The molecular weight excluding hydrogens is 530 g/mol. The zero-order valence-corrected chi connectivity index (χ0v) is 21.4. The van der Waals surface area contributed by atoms with E-state index in [-0.39, 0.29) is 23.4 Å². The van der Waals surface area contributed by atoms with Gasteiger partial charge in [-0.15, -0.1) is 0 Å². The summed E-state index contributed by atoms with van der Waals surface area (Å²) in [5.41, 5.74) is 7.67. The van der Waals surface area contributed by atoms with Gasteiger partial charge in [0.15, 0.2) is 0 Å². The first-order chi connectivity index (χ1) is 18.9. The van der Waals surface area contributed by atoms with Gasteiger partial charge in [-0.1, -0.05) is 0 Å². The Kier molecular flexibility index (Phi) is 5.53. The summed E-state index contributed by atoms with van der Waals surface area (Å²) in [6.45, 7) is 3.28. The number of amides is 1. The van der Waals surface area contributed by atoms with Gasteiger partial charge in [0, 0.05) is 25.5 Å². The van der Waals surface area contributed by atoms with Gasteiger partial charge in [0.1, 0.15) is 23.0 Å². The first-order valence-corrected chi connectivity index (χ1v) is 12.0. The quantitative estimate of drug-likeness (QED) is 0.324. The molecule has 5 aromatic heterocycles. The van der Waals surface area contributed by atoms with Crippen LogP contribution in [0.3, 0.4) is 0 Å². The minimum atomic E-state index is -4.54. The largest absolute Gasteiger partial charge is 0.417 e. The highest BCUT2D eigenvalue weighted by atomic mass is 19.4. The molecule has 204 valence electrons. The molecule has 0 bridgehead atoms. The Morgan fingerprint density at radius 1 is 1.07 bits per heavy atom. The van der Waals surface area contributed by atoms with E-state index in [1.165, 1.54) is 21.7 Å². The number of anilines is 2. The van der Waals surface area contributed by atoms with E-state index >= 15 is 4.39 Å². The Balaban J connectivity index is 1.47. The number of hydrogen-bond donors (Lipinski definition) is 1. The van der Waals surface area contributed by atoms with Crippen LogP contribution in [0.15, 0.2) is 48.9 Å². The maximum absolute atomic E-state index is 15.5. The predicted octanol–water partition coefficient (Wildman–Crippen LogP) is 4.47. The number of alkyl halides is 3. The van der Waals surface area contributed by atoms with E-state index in [0.717, 1.165) is 22.8 Å². The Morgan fingerprint density at radius 3 is 2.55 bits per heavy atom. The molecule has 6 rings (SSSR count). The highest BCUT2D eigenvalue weighted by molar-refractivity contribution is 6.08. The molecule has 1 aromatic carbocycles. The van der Waals surface area contributed by atoms with Crippen LogP contribution in [0.2, 0.25) is 0 Å². The number of aryl methyl sites for hydroxylation is 3. The molecule has 0 aliphatic rings. The van der Waals surface area contributed by atoms with Crippen molar-refractivity contribution in [1.82, 2.24) is 33.8 Å². The van der Waals surface area contributed by atoms with Gasteiger partial charge in [-0.05, 0) is 38.1 Å². The summed E-state index contributed by atoms with van der Waals surface area (Å²) in [6.07, 6.45) is -0.521. The van der Waals surface area contributed by atoms with Crippen molar-refractivity contribution in [1.29, 1.82) is 0 Å². The number of aromatic nitrogens is 7. The lowest BCUT2D eigenvalue weighted by Gasteiger charge is -2.22. The first-order valence-electron chi connectivity index (χ1n) is 12.0. The van der Waals surface area contributed by atoms with E-state index in [1.807, 2.05) is 0 Å². The van der Waals surface area contributed by atoms with Gasteiger partial charge in [-0.3, -0.25) is 18.8 Å². The standard InChI is InChI=1S/C26H21F4N9O/c1-13-23(12-36(3)34-13)37(11-16-6-17-5-4-15(26(28,29)30)10-38(17)35-16)25(40)18-7-21-20(8-19(18)27)33-24(31)22-9-32-14(2)39(21)22/h4-10,12H,11H2,1-3H3,(H2,31,33).